The molecule has 4 aromatic rings. The molecule has 4 aromatic carbocycles. The average Bonchev–Trinajstić information content (AvgIpc) is 3.10. The third kappa shape index (κ3) is 2.64. The van der Waals surface area contributed by atoms with E-state index in [9.17, 15) is 0 Å². The Bertz CT molecular complexity index is 1110. The summed E-state index contributed by atoms with van der Waals surface area (Å²) >= 11 is 11.9. The molecule has 2 N–H and O–H groups in total. The van der Waals surface area contributed by atoms with Crippen molar-refractivity contribution in [2.75, 3.05) is 9.67 Å². The predicted molar refractivity (Wildman–Crippen MR) is 123 cm³/mol. The minimum atomic E-state index is -0.472. The Morgan fingerprint density at radius 1 is 0.517 bits per heavy atom. The monoisotopic (exact) mass is 416 g/mol. The van der Waals surface area contributed by atoms with Crippen molar-refractivity contribution in [3.05, 3.63) is 119 Å². The van der Waals surface area contributed by atoms with Crippen molar-refractivity contribution in [3.63, 3.8) is 0 Å². The standard InChI is InChI=1S/C25H18Cl2N2/c26-28-19-9-5-7-17(15-19)25(18-8-6-10-20(16-18)29-27)23-13-3-1-11-21(23)22-12-2-4-14-24(22)25/h1-16,28-29H. The molecule has 5 rings (SSSR count). The predicted octanol–water partition coefficient (Wildman–Crippen LogP) is 7.18. The van der Waals surface area contributed by atoms with Crippen molar-refractivity contribution in [3.8, 4) is 11.1 Å². The molecule has 0 radical (unpaired) electrons. The van der Waals surface area contributed by atoms with Gasteiger partial charge >= 0.3 is 0 Å². The van der Waals surface area contributed by atoms with E-state index in [2.05, 4.69) is 82.5 Å². The van der Waals surface area contributed by atoms with Crippen molar-refractivity contribution in [2.45, 2.75) is 5.41 Å². The van der Waals surface area contributed by atoms with Gasteiger partial charge in [-0.05, 0) is 57.6 Å². The quantitative estimate of drug-likeness (QED) is 0.303. The van der Waals surface area contributed by atoms with E-state index in [0.717, 1.165) is 22.5 Å². The van der Waals surface area contributed by atoms with Crippen LogP contribution in [0.1, 0.15) is 22.3 Å². The summed E-state index contributed by atoms with van der Waals surface area (Å²) in [6.07, 6.45) is 0. The highest BCUT2D eigenvalue weighted by molar-refractivity contribution is 6.24. The lowest BCUT2D eigenvalue weighted by atomic mass is 9.67. The zero-order valence-electron chi connectivity index (χ0n) is 15.5. The zero-order valence-corrected chi connectivity index (χ0v) is 17.0. The van der Waals surface area contributed by atoms with Gasteiger partial charge in [0.1, 0.15) is 0 Å². The van der Waals surface area contributed by atoms with Gasteiger partial charge in [0, 0.05) is 34.9 Å². The second-order valence-electron chi connectivity index (χ2n) is 7.19. The van der Waals surface area contributed by atoms with Gasteiger partial charge in [0.05, 0.1) is 5.41 Å². The molecular formula is C25H18Cl2N2. The van der Waals surface area contributed by atoms with Gasteiger partial charge in [-0.2, -0.15) is 0 Å². The second kappa shape index (κ2) is 7.14. The second-order valence-corrected chi connectivity index (χ2v) is 7.57. The molecule has 142 valence electrons. The summed E-state index contributed by atoms with van der Waals surface area (Å²) in [5.74, 6) is 0. The number of anilines is 2. The zero-order chi connectivity index (χ0) is 19.8. The van der Waals surface area contributed by atoms with E-state index in [0.29, 0.717) is 0 Å². The van der Waals surface area contributed by atoms with Crippen LogP contribution in [-0.2, 0) is 5.41 Å². The molecule has 0 bridgehead atoms. The molecule has 0 unspecified atom stereocenters. The van der Waals surface area contributed by atoms with Gasteiger partial charge in [0.25, 0.3) is 0 Å². The number of nitrogens with one attached hydrogen (secondary N) is 2. The molecule has 29 heavy (non-hydrogen) atoms. The summed E-state index contributed by atoms with van der Waals surface area (Å²) in [6.45, 7) is 0. The number of benzene rings is 4. The molecule has 0 amide bonds. The van der Waals surface area contributed by atoms with Crippen LogP contribution in [0.4, 0.5) is 11.4 Å². The highest BCUT2D eigenvalue weighted by atomic mass is 35.5. The van der Waals surface area contributed by atoms with Crippen LogP contribution in [0.15, 0.2) is 97.1 Å². The van der Waals surface area contributed by atoms with Crippen LogP contribution in [0.25, 0.3) is 11.1 Å². The Morgan fingerprint density at radius 3 is 1.41 bits per heavy atom. The molecule has 0 fully saturated rings. The lowest BCUT2D eigenvalue weighted by Crippen LogP contribution is -2.28. The highest BCUT2D eigenvalue weighted by Gasteiger charge is 2.46. The van der Waals surface area contributed by atoms with Crippen LogP contribution in [0, 0.1) is 0 Å². The molecule has 0 heterocycles. The molecule has 0 saturated carbocycles. The summed E-state index contributed by atoms with van der Waals surface area (Å²) in [4.78, 5) is 5.54. The maximum absolute atomic E-state index is 5.97. The molecule has 2 nitrogen and oxygen atoms in total. The summed E-state index contributed by atoms with van der Waals surface area (Å²) < 4.78 is 0. The summed E-state index contributed by atoms with van der Waals surface area (Å²) in [6, 6.07) is 33.8. The topological polar surface area (TPSA) is 24.1 Å². The average molecular weight is 417 g/mol. The molecule has 1 aliphatic rings. The SMILES string of the molecule is ClNc1cccc(C2(c3cccc(NCl)c3)c3ccccc3-c3ccccc32)c1. The minimum Gasteiger partial charge on any atom is -0.299 e. The molecule has 0 spiro atoms. The fraction of sp³-hybridized carbons (Fsp3) is 0.0400. The normalized spacial score (nSPS) is 13.4. The highest BCUT2D eigenvalue weighted by Crippen LogP contribution is 2.56. The van der Waals surface area contributed by atoms with Crippen molar-refractivity contribution < 1.29 is 0 Å². The van der Waals surface area contributed by atoms with Crippen LogP contribution in [-0.4, -0.2) is 0 Å². The van der Waals surface area contributed by atoms with Crippen molar-refractivity contribution in [1.29, 1.82) is 0 Å². The van der Waals surface area contributed by atoms with Crippen molar-refractivity contribution >= 4 is 34.9 Å². The van der Waals surface area contributed by atoms with Crippen LogP contribution >= 0.6 is 23.6 Å². The third-order valence-corrected chi connectivity index (χ3v) is 6.20. The summed E-state index contributed by atoms with van der Waals surface area (Å²) in [5, 5.41) is 0. The van der Waals surface area contributed by atoms with E-state index in [1.165, 1.54) is 22.3 Å². The van der Waals surface area contributed by atoms with Crippen LogP contribution in [0.3, 0.4) is 0 Å². The first-order chi connectivity index (χ1) is 14.3. The summed E-state index contributed by atoms with van der Waals surface area (Å²) in [7, 11) is 0. The Balaban J connectivity index is 1.94. The lowest BCUT2D eigenvalue weighted by molar-refractivity contribution is 0.769. The first kappa shape index (κ1) is 18.1. The van der Waals surface area contributed by atoms with E-state index < -0.39 is 5.41 Å². The van der Waals surface area contributed by atoms with E-state index >= 15 is 0 Å². The Labute approximate surface area is 180 Å². The maximum Gasteiger partial charge on any atom is 0.0715 e. The van der Waals surface area contributed by atoms with Crippen LogP contribution in [0.5, 0.6) is 0 Å². The van der Waals surface area contributed by atoms with E-state index in [4.69, 9.17) is 23.6 Å². The van der Waals surface area contributed by atoms with Gasteiger partial charge < -0.3 is 0 Å². The Hall–Kier alpha value is -2.94. The first-order valence-electron chi connectivity index (χ1n) is 9.43. The van der Waals surface area contributed by atoms with Crippen molar-refractivity contribution in [1.82, 2.24) is 0 Å². The van der Waals surface area contributed by atoms with Gasteiger partial charge in [0.2, 0.25) is 0 Å². The maximum atomic E-state index is 5.97. The Morgan fingerprint density at radius 2 is 0.966 bits per heavy atom. The van der Waals surface area contributed by atoms with Gasteiger partial charge in [0.15, 0.2) is 0 Å². The number of hydrogen-bond acceptors (Lipinski definition) is 2. The molecular weight excluding hydrogens is 399 g/mol. The summed E-state index contributed by atoms with van der Waals surface area (Å²) in [5.41, 5.74) is 8.53. The molecule has 0 aliphatic heterocycles. The molecule has 0 aromatic heterocycles. The van der Waals surface area contributed by atoms with Gasteiger partial charge in [-0.3, -0.25) is 9.67 Å². The molecule has 0 saturated heterocycles. The fourth-order valence-electron chi connectivity index (χ4n) is 4.65. The van der Waals surface area contributed by atoms with Crippen LogP contribution in [0.2, 0.25) is 0 Å². The number of hydrogen-bond donors (Lipinski definition) is 2. The Kier molecular flexibility index (Phi) is 4.46. The fourth-order valence-corrected chi connectivity index (χ4v) is 4.88. The third-order valence-electron chi connectivity index (χ3n) is 5.76. The molecule has 4 heteroatoms. The van der Waals surface area contributed by atoms with Crippen molar-refractivity contribution in [2.24, 2.45) is 0 Å². The van der Waals surface area contributed by atoms with Gasteiger partial charge in [-0.15, -0.1) is 0 Å². The minimum absolute atomic E-state index is 0.472. The van der Waals surface area contributed by atoms with Crippen LogP contribution < -0.4 is 9.67 Å². The van der Waals surface area contributed by atoms with E-state index in [1.807, 2.05) is 24.3 Å². The number of rotatable bonds is 4. The lowest BCUT2D eigenvalue weighted by Gasteiger charge is -2.34. The molecule has 1 aliphatic carbocycles. The molecule has 0 atom stereocenters. The number of fused-ring (bicyclic) bond motifs is 3. The van der Waals surface area contributed by atoms with E-state index in [1.54, 1.807) is 0 Å². The van der Waals surface area contributed by atoms with Gasteiger partial charge in [-0.1, -0.05) is 72.8 Å². The first-order valence-corrected chi connectivity index (χ1v) is 10.2. The number of halogens is 2. The largest absolute Gasteiger partial charge is 0.299 e. The smallest absolute Gasteiger partial charge is 0.0715 e. The van der Waals surface area contributed by atoms with Gasteiger partial charge in [-0.25, -0.2) is 0 Å². The van der Waals surface area contributed by atoms with E-state index in [-0.39, 0.29) is 0 Å².